The molecule has 0 bridgehead atoms. The minimum absolute atomic E-state index is 0.0814. The molecular weight excluding hydrogens is 239 g/mol. The first-order valence-corrected chi connectivity index (χ1v) is 6.07. The molecule has 0 unspecified atom stereocenters. The molecule has 1 fully saturated rings. The summed E-state index contributed by atoms with van der Waals surface area (Å²) < 4.78 is 39.1. The third-order valence-electron chi connectivity index (χ3n) is 3.83. The number of halogens is 3. The number of nitrogens with two attached hydrogens (primary N) is 1. The summed E-state index contributed by atoms with van der Waals surface area (Å²) in [5.41, 5.74) is 5.17. The molecule has 1 nitrogen and oxygen atoms in total. The van der Waals surface area contributed by atoms with Crippen LogP contribution in [0.25, 0.3) is 0 Å². The lowest BCUT2D eigenvalue weighted by Crippen LogP contribution is -2.52. The van der Waals surface area contributed by atoms with E-state index in [9.17, 15) is 13.2 Å². The zero-order valence-electron chi connectivity index (χ0n) is 10.6. The van der Waals surface area contributed by atoms with Gasteiger partial charge in [-0.25, -0.2) is 0 Å². The van der Waals surface area contributed by atoms with Gasteiger partial charge in [0.2, 0.25) is 0 Å². The lowest BCUT2D eigenvalue weighted by atomic mass is 9.51. The van der Waals surface area contributed by atoms with Crippen LogP contribution in [0.4, 0.5) is 13.2 Å². The highest BCUT2D eigenvalue weighted by Gasteiger charge is 2.52. The van der Waals surface area contributed by atoms with E-state index in [4.69, 9.17) is 5.73 Å². The Morgan fingerprint density at radius 1 is 1.17 bits per heavy atom. The molecule has 2 rings (SSSR count). The fraction of sp³-hybridized carbons (Fsp3) is 0.571. The topological polar surface area (TPSA) is 26.0 Å². The first kappa shape index (κ1) is 13.4. The highest BCUT2D eigenvalue weighted by atomic mass is 19.4. The van der Waals surface area contributed by atoms with E-state index in [1.165, 1.54) is 6.07 Å². The summed E-state index contributed by atoms with van der Waals surface area (Å²) in [5, 5.41) is 0. The number of benzene rings is 1. The van der Waals surface area contributed by atoms with Crippen molar-refractivity contribution in [2.45, 2.75) is 38.3 Å². The van der Waals surface area contributed by atoms with Crippen molar-refractivity contribution < 1.29 is 13.2 Å². The average Bonchev–Trinajstić information content (AvgIpc) is 2.24. The van der Waals surface area contributed by atoms with Crippen molar-refractivity contribution in [3.8, 4) is 0 Å². The lowest BCUT2D eigenvalue weighted by Gasteiger charge is -2.54. The third kappa shape index (κ3) is 2.14. The molecule has 0 atom stereocenters. The van der Waals surface area contributed by atoms with E-state index in [1.807, 2.05) is 0 Å². The van der Waals surface area contributed by atoms with Crippen molar-refractivity contribution in [3.05, 3.63) is 35.4 Å². The molecule has 1 aliphatic rings. The highest BCUT2D eigenvalue weighted by molar-refractivity contribution is 5.39. The molecule has 4 heteroatoms. The minimum atomic E-state index is -4.31. The van der Waals surface area contributed by atoms with Gasteiger partial charge in [-0.1, -0.05) is 32.0 Å². The molecule has 1 aromatic rings. The molecule has 0 radical (unpaired) electrons. The molecule has 0 spiro atoms. The van der Waals surface area contributed by atoms with Gasteiger partial charge in [0.05, 0.1) is 5.56 Å². The van der Waals surface area contributed by atoms with E-state index in [0.717, 1.165) is 6.07 Å². The Bertz CT molecular complexity index is 441. The van der Waals surface area contributed by atoms with E-state index in [-0.39, 0.29) is 12.0 Å². The standard InChI is InChI=1S/C14H18F3N/c1-12(2)7-13(8-12,9-18)10-5-3-4-6-11(10)14(15,16)17/h3-6H,7-9,18H2,1-2H3. The Balaban J connectivity index is 2.45. The first-order valence-electron chi connectivity index (χ1n) is 6.07. The summed E-state index contributed by atoms with van der Waals surface area (Å²) in [6.45, 7) is 4.40. The molecule has 1 aromatic carbocycles. The Labute approximate surface area is 105 Å². The predicted molar refractivity (Wildman–Crippen MR) is 65.2 cm³/mol. The molecule has 1 aliphatic carbocycles. The molecular formula is C14H18F3N. The number of alkyl halides is 3. The summed E-state index contributed by atoms with van der Waals surface area (Å²) in [6, 6.07) is 5.82. The summed E-state index contributed by atoms with van der Waals surface area (Å²) in [4.78, 5) is 0. The second-order valence-electron chi connectivity index (χ2n) is 6.05. The van der Waals surface area contributed by atoms with Crippen LogP contribution in [-0.4, -0.2) is 6.54 Å². The smallest absolute Gasteiger partial charge is 0.330 e. The van der Waals surface area contributed by atoms with Crippen LogP contribution in [0.2, 0.25) is 0 Å². The van der Waals surface area contributed by atoms with Gasteiger partial charge in [-0.15, -0.1) is 0 Å². The Morgan fingerprint density at radius 3 is 2.17 bits per heavy atom. The zero-order valence-corrected chi connectivity index (χ0v) is 10.6. The normalized spacial score (nSPS) is 21.4. The summed E-state index contributed by atoms with van der Waals surface area (Å²) in [7, 11) is 0. The molecule has 0 saturated heterocycles. The van der Waals surface area contributed by atoms with Crippen molar-refractivity contribution in [1.82, 2.24) is 0 Å². The molecule has 18 heavy (non-hydrogen) atoms. The van der Waals surface area contributed by atoms with Crippen LogP contribution in [-0.2, 0) is 11.6 Å². The second kappa shape index (κ2) is 3.98. The van der Waals surface area contributed by atoms with Crippen LogP contribution in [0, 0.1) is 5.41 Å². The van der Waals surface area contributed by atoms with Crippen LogP contribution < -0.4 is 5.73 Å². The van der Waals surface area contributed by atoms with Gasteiger partial charge >= 0.3 is 6.18 Å². The zero-order chi connectivity index (χ0) is 13.6. The molecule has 0 amide bonds. The van der Waals surface area contributed by atoms with Crippen LogP contribution in [0.15, 0.2) is 24.3 Å². The predicted octanol–water partition coefficient (Wildman–Crippen LogP) is 3.72. The van der Waals surface area contributed by atoms with Crippen LogP contribution >= 0.6 is 0 Å². The average molecular weight is 257 g/mol. The monoisotopic (exact) mass is 257 g/mol. The fourth-order valence-corrected chi connectivity index (χ4v) is 3.42. The second-order valence-corrected chi connectivity index (χ2v) is 6.05. The van der Waals surface area contributed by atoms with Crippen molar-refractivity contribution >= 4 is 0 Å². The molecule has 2 N–H and O–H groups in total. The van der Waals surface area contributed by atoms with Crippen LogP contribution in [0.5, 0.6) is 0 Å². The van der Waals surface area contributed by atoms with E-state index < -0.39 is 17.2 Å². The Kier molecular flexibility index (Phi) is 2.97. The van der Waals surface area contributed by atoms with Gasteiger partial charge < -0.3 is 5.73 Å². The number of rotatable bonds is 2. The van der Waals surface area contributed by atoms with Gasteiger partial charge in [-0.2, -0.15) is 13.2 Å². The van der Waals surface area contributed by atoms with Gasteiger partial charge in [0, 0.05) is 12.0 Å². The van der Waals surface area contributed by atoms with Crippen LogP contribution in [0.3, 0.4) is 0 Å². The summed E-state index contributed by atoms with van der Waals surface area (Å²) in [5.74, 6) is 0. The maximum absolute atomic E-state index is 13.0. The van der Waals surface area contributed by atoms with E-state index >= 15 is 0 Å². The van der Waals surface area contributed by atoms with Crippen molar-refractivity contribution in [3.63, 3.8) is 0 Å². The largest absolute Gasteiger partial charge is 0.416 e. The molecule has 0 aliphatic heterocycles. The maximum Gasteiger partial charge on any atom is 0.416 e. The third-order valence-corrected chi connectivity index (χ3v) is 3.83. The maximum atomic E-state index is 13.0. The number of hydrogen-bond acceptors (Lipinski definition) is 1. The van der Waals surface area contributed by atoms with Gasteiger partial charge in [0.1, 0.15) is 0 Å². The SMILES string of the molecule is CC1(C)CC(CN)(c2ccccc2C(F)(F)F)C1. The molecule has 1 saturated carbocycles. The van der Waals surface area contributed by atoms with E-state index in [0.29, 0.717) is 18.4 Å². The summed E-state index contributed by atoms with van der Waals surface area (Å²) in [6.07, 6.45) is -2.88. The van der Waals surface area contributed by atoms with Crippen molar-refractivity contribution in [2.75, 3.05) is 6.54 Å². The fourth-order valence-electron chi connectivity index (χ4n) is 3.42. The van der Waals surface area contributed by atoms with Crippen LogP contribution in [0.1, 0.15) is 37.8 Å². The van der Waals surface area contributed by atoms with Gasteiger partial charge in [-0.3, -0.25) is 0 Å². The van der Waals surface area contributed by atoms with Crippen molar-refractivity contribution in [2.24, 2.45) is 11.1 Å². The van der Waals surface area contributed by atoms with Gasteiger partial charge in [0.15, 0.2) is 0 Å². The minimum Gasteiger partial charge on any atom is -0.330 e. The number of hydrogen-bond donors (Lipinski definition) is 1. The Hall–Kier alpha value is -1.03. The van der Waals surface area contributed by atoms with E-state index in [1.54, 1.807) is 12.1 Å². The van der Waals surface area contributed by atoms with Gasteiger partial charge in [0.25, 0.3) is 0 Å². The molecule has 100 valence electrons. The quantitative estimate of drug-likeness (QED) is 0.858. The summed E-state index contributed by atoms with van der Waals surface area (Å²) >= 11 is 0. The Morgan fingerprint density at radius 2 is 1.72 bits per heavy atom. The van der Waals surface area contributed by atoms with E-state index in [2.05, 4.69) is 13.8 Å². The van der Waals surface area contributed by atoms with Gasteiger partial charge in [-0.05, 0) is 29.9 Å². The highest BCUT2D eigenvalue weighted by Crippen LogP contribution is 2.56. The molecule has 0 aromatic heterocycles. The van der Waals surface area contributed by atoms with Crippen molar-refractivity contribution in [1.29, 1.82) is 0 Å². The lowest BCUT2D eigenvalue weighted by molar-refractivity contribution is -0.139. The first-order chi connectivity index (χ1) is 8.20. The molecule has 0 heterocycles.